The van der Waals surface area contributed by atoms with Gasteiger partial charge in [0.1, 0.15) is 22.9 Å². The molecule has 1 unspecified atom stereocenters. The molecule has 17 heteroatoms. The van der Waals surface area contributed by atoms with Gasteiger partial charge in [0.05, 0.1) is 17.4 Å². The number of benzene rings is 2. The van der Waals surface area contributed by atoms with Gasteiger partial charge in [-0.2, -0.15) is 4.58 Å². The van der Waals surface area contributed by atoms with Gasteiger partial charge in [-0.05, 0) is 62.2 Å². The quantitative estimate of drug-likeness (QED) is 0.193. The molecule has 0 spiro atoms. The molecule has 1 N–H and O–H groups in total. The van der Waals surface area contributed by atoms with E-state index >= 15 is 0 Å². The Hall–Kier alpha value is -1.03. The monoisotopic (exact) mass is 749 g/mol. The molecule has 1 amide bonds. The van der Waals surface area contributed by atoms with Gasteiger partial charge in [-0.25, -0.2) is 12.6 Å². The summed E-state index contributed by atoms with van der Waals surface area (Å²) in [7, 11) is -9.20. The number of nitrogens with one attached hydrogen (secondary N) is 1. The third-order valence-corrected chi connectivity index (χ3v) is 11.8. The van der Waals surface area contributed by atoms with Crippen molar-refractivity contribution >= 4 is 69.6 Å². The molecule has 0 bridgehead atoms. The molecule has 0 saturated heterocycles. The number of hydrogen-bond acceptors (Lipinski definition) is 11. The van der Waals surface area contributed by atoms with Gasteiger partial charge in [-0.15, -0.1) is 0 Å². The van der Waals surface area contributed by atoms with Crippen LogP contribution in [0.25, 0.3) is 0 Å². The molecule has 2 heterocycles. The van der Waals surface area contributed by atoms with E-state index in [9.17, 15) is 35.6 Å². The normalized spacial score (nSPS) is 19.4. The zero-order chi connectivity index (χ0) is 34.5. The smallest absolute Gasteiger partial charge is 0.834 e. The average Bonchev–Trinajstić information content (AvgIpc) is 3.25. The number of anilines is 2. The van der Waals surface area contributed by atoms with Crippen LogP contribution in [0.2, 0.25) is 0 Å². The maximum absolute atomic E-state index is 12.4. The van der Waals surface area contributed by atoms with Crippen LogP contribution in [0.3, 0.4) is 0 Å². The van der Waals surface area contributed by atoms with Crippen molar-refractivity contribution in [1.82, 2.24) is 0 Å². The van der Waals surface area contributed by atoms with Gasteiger partial charge in [0.25, 0.3) is 0 Å². The van der Waals surface area contributed by atoms with E-state index in [1.54, 1.807) is 6.07 Å². The Bertz CT molecular complexity index is 1880. The van der Waals surface area contributed by atoms with Crippen LogP contribution in [0, 0.1) is 0 Å². The molecule has 12 nitrogen and oxygen atoms in total. The summed E-state index contributed by atoms with van der Waals surface area (Å²) in [4.78, 5) is 13.9. The number of nitrogens with zero attached hydrogens (tertiary/aromatic N) is 2. The number of rotatable bonds is 11. The minimum absolute atomic E-state index is 0. The molecule has 2 aliphatic rings. The Kier molecular flexibility index (Phi) is 12.6. The van der Waals surface area contributed by atoms with E-state index in [0.717, 1.165) is 22.7 Å². The molecule has 1 atom stereocenters. The van der Waals surface area contributed by atoms with Crippen molar-refractivity contribution < 1.29 is 95.8 Å². The zero-order valence-electron chi connectivity index (χ0n) is 27.2. The summed E-state index contributed by atoms with van der Waals surface area (Å²) in [6.45, 7) is 7.99. The number of carbonyl (C=O) groups is 1. The Labute approximate surface area is 325 Å². The van der Waals surface area contributed by atoms with Gasteiger partial charge >= 0.3 is 51.4 Å². The molecule has 0 fully saturated rings. The molecule has 0 radical (unpaired) electrons. The molecule has 4 rings (SSSR count). The van der Waals surface area contributed by atoms with Crippen molar-refractivity contribution in [2.75, 3.05) is 42.4 Å². The fourth-order valence-electron chi connectivity index (χ4n) is 6.01. The SMILES string of the molecule is COS(=O)(=S)CC(=O)Nc1ccc2c(c1)C(C)(C)C(C=CC=C1N(CCCS([O-])([O-])[O-])c3ccc(S(=O)(=O)[O-])cc3C1(C)C)=[N+]2C.[K+]. The Morgan fingerprint density at radius 1 is 1.02 bits per heavy atom. The first-order chi connectivity index (χ1) is 21.1. The molecule has 0 aliphatic carbocycles. The topological polar surface area (TPSA) is 188 Å². The molecule has 2 aromatic rings. The Morgan fingerprint density at radius 2 is 1.68 bits per heavy atom. The van der Waals surface area contributed by atoms with Crippen molar-refractivity contribution in [3.63, 3.8) is 0 Å². The first-order valence-corrected chi connectivity index (χ1v) is 19.7. The molecule has 2 aliphatic heterocycles. The molecule has 2 aromatic carbocycles. The first kappa shape index (κ1) is 40.4. The van der Waals surface area contributed by atoms with Crippen LogP contribution in [0.1, 0.15) is 45.2 Å². The Balaban J connectivity index is 0.00000600. The zero-order valence-corrected chi connectivity index (χ0v) is 33.6. The average molecular weight is 750 g/mol. The third-order valence-electron chi connectivity index (χ3n) is 8.31. The van der Waals surface area contributed by atoms with Crippen molar-refractivity contribution in [2.45, 2.75) is 49.8 Å². The second kappa shape index (κ2) is 14.7. The molecule has 0 saturated carbocycles. The van der Waals surface area contributed by atoms with Crippen molar-refractivity contribution in [1.29, 1.82) is 0 Å². The van der Waals surface area contributed by atoms with E-state index in [-0.39, 0.29) is 69.2 Å². The van der Waals surface area contributed by atoms with Gasteiger partial charge in [-0.1, -0.05) is 25.7 Å². The van der Waals surface area contributed by atoms with Gasteiger partial charge in [0.15, 0.2) is 14.5 Å². The minimum atomic E-state index is -4.72. The van der Waals surface area contributed by atoms with E-state index in [0.29, 0.717) is 16.9 Å². The number of carbonyl (C=O) groups excluding carboxylic acids is 1. The first-order valence-electron chi connectivity index (χ1n) is 14.1. The summed E-state index contributed by atoms with van der Waals surface area (Å²) < 4.78 is 88.1. The number of amides is 1. The summed E-state index contributed by atoms with van der Waals surface area (Å²) in [5, 5.41) is 2.73. The predicted octanol–water partition coefficient (Wildman–Crippen LogP) is 0.671. The summed E-state index contributed by atoms with van der Waals surface area (Å²) in [6, 6.07) is 9.56. The molecular weight excluding hydrogens is 714 g/mol. The number of allylic oxidation sites excluding steroid dienone is 4. The van der Waals surface area contributed by atoms with Crippen molar-refractivity contribution in [3.8, 4) is 0 Å². The van der Waals surface area contributed by atoms with Crippen molar-refractivity contribution in [2.24, 2.45) is 0 Å². The second-order valence-corrected chi connectivity index (χ2v) is 18.3. The molecular formula is C30H36KN3O9S4-2. The van der Waals surface area contributed by atoms with Crippen LogP contribution in [0.15, 0.2) is 65.2 Å². The predicted molar refractivity (Wildman–Crippen MR) is 178 cm³/mol. The second-order valence-electron chi connectivity index (χ2n) is 12.2. The minimum Gasteiger partial charge on any atom is -0.834 e. The summed E-state index contributed by atoms with van der Waals surface area (Å²) in [5.41, 5.74) is 3.93. The van der Waals surface area contributed by atoms with Crippen LogP contribution in [0.4, 0.5) is 17.1 Å². The van der Waals surface area contributed by atoms with E-state index in [1.807, 2.05) is 74.6 Å². The fraction of sp³-hybridized carbons (Fsp3) is 0.400. The maximum atomic E-state index is 12.4. The largest absolute Gasteiger partial charge is 1.00 e. The molecule has 0 aromatic heterocycles. The van der Waals surface area contributed by atoms with Crippen LogP contribution in [0.5, 0.6) is 0 Å². The standard InChI is InChI=1S/C30H39N3O9S4.K/c1-29(2)22-17-20(31-28(34)19-45(38,43)42-6)11-13-24(22)32(5)26(29)9-7-10-27-30(3,4)23-18-21(46(39,40)41)12-14-25(23)33(27)15-8-16-44(35,36)37;/h7,9-14,17-18H,8,15-16,19H2,1-6H3,(H4-,31,34,35,36,37,39,40,41);/q;+1/p-3. The van der Waals surface area contributed by atoms with Gasteiger partial charge in [0, 0.05) is 57.9 Å². The van der Waals surface area contributed by atoms with Crippen molar-refractivity contribution in [3.05, 3.63) is 71.5 Å². The van der Waals surface area contributed by atoms with E-state index in [2.05, 4.69) is 5.32 Å². The molecule has 47 heavy (non-hydrogen) atoms. The van der Waals surface area contributed by atoms with E-state index < -0.39 is 58.0 Å². The maximum Gasteiger partial charge on any atom is 1.00 e. The summed E-state index contributed by atoms with van der Waals surface area (Å²) in [6.07, 6.45) is 5.67. The van der Waals surface area contributed by atoms with Crippen LogP contribution in [-0.4, -0.2) is 79.2 Å². The third kappa shape index (κ3) is 9.01. The summed E-state index contributed by atoms with van der Waals surface area (Å²) in [5.74, 6) is -1.54. The summed E-state index contributed by atoms with van der Waals surface area (Å²) >= 11 is 4.81. The molecule has 252 valence electrons. The fourth-order valence-corrected chi connectivity index (χ4v) is 7.82. The van der Waals surface area contributed by atoms with E-state index in [4.69, 9.17) is 15.4 Å². The van der Waals surface area contributed by atoms with Gasteiger partial charge in [0.2, 0.25) is 11.6 Å². The number of fused-ring (bicyclic) bond motifs is 2. The number of hydrogen-bond donors (Lipinski definition) is 1. The van der Waals surface area contributed by atoms with Crippen LogP contribution in [-0.2, 0) is 49.9 Å². The van der Waals surface area contributed by atoms with Gasteiger partial charge < -0.3 is 39.3 Å². The van der Waals surface area contributed by atoms with Crippen LogP contribution < -0.4 is 61.6 Å². The van der Waals surface area contributed by atoms with Crippen LogP contribution >= 0.6 is 10.9 Å². The van der Waals surface area contributed by atoms with Gasteiger partial charge in [-0.3, -0.25) is 8.98 Å². The van der Waals surface area contributed by atoms with E-state index in [1.165, 1.54) is 25.3 Å². The Morgan fingerprint density at radius 3 is 2.28 bits per heavy atom.